The van der Waals surface area contributed by atoms with Crippen molar-refractivity contribution in [1.29, 1.82) is 0 Å². The normalized spacial score (nSPS) is 11.6. The van der Waals surface area contributed by atoms with E-state index in [4.69, 9.17) is 56.8 Å². The molecule has 0 amide bonds. The van der Waals surface area contributed by atoms with Crippen molar-refractivity contribution in [3.05, 3.63) is 255 Å². The van der Waals surface area contributed by atoms with Gasteiger partial charge in [0.15, 0.2) is 46.0 Å². The summed E-state index contributed by atoms with van der Waals surface area (Å²) in [4.78, 5) is 29.6. The van der Waals surface area contributed by atoms with E-state index in [2.05, 4.69) is 75.9 Å². The average molecular weight is 1890 g/mol. The zero-order valence-electron chi connectivity index (χ0n) is 86.0. The van der Waals surface area contributed by atoms with E-state index in [9.17, 15) is 9.59 Å². The first-order valence-corrected chi connectivity index (χ1v) is 53.3. The molecule has 5 aromatic rings. The van der Waals surface area contributed by atoms with Crippen molar-refractivity contribution < 1.29 is 66.4 Å². The molecule has 758 valence electrons. The van der Waals surface area contributed by atoms with Gasteiger partial charge in [0.1, 0.15) is 0 Å². The predicted octanol–water partition coefficient (Wildman–Crippen LogP) is 36.3. The Bertz CT molecular complexity index is 3910. The molecule has 0 aliphatic heterocycles. The monoisotopic (exact) mass is 1890 g/mol. The van der Waals surface area contributed by atoms with Gasteiger partial charge >= 0.3 is 11.9 Å². The van der Waals surface area contributed by atoms with Crippen LogP contribution in [0.2, 0.25) is 0 Å². The topological polar surface area (TPSA) is 145 Å². The fourth-order valence-corrected chi connectivity index (χ4v) is 16.5. The van der Waals surface area contributed by atoms with Gasteiger partial charge in [-0.15, -0.1) is 0 Å². The molecule has 0 heterocycles. The Hall–Kier alpha value is -10.6. The number of allylic oxidation sites excluding steroid dienone is 18. The molecule has 0 atom stereocenters. The summed E-state index contributed by atoms with van der Waals surface area (Å²) in [5.74, 6) is 3.17. The number of hydrogen-bond donors (Lipinski definition) is 0. The van der Waals surface area contributed by atoms with E-state index in [1.165, 1.54) is 193 Å². The minimum absolute atomic E-state index is 0.142. The molecule has 0 fully saturated rings. The molecule has 138 heavy (non-hydrogen) atoms. The zero-order chi connectivity index (χ0) is 98.5. The van der Waals surface area contributed by atoms with Crippen LogP contribution >= 0.6 is 0 Å². The third-order valence-corrected chi connectivity index (χ3v) is 24.5. The molecule has 14 heteroatoms. The lowest BCUT2D eigenvalue weighted by Crippen LogP contribution is -2.13. The van der Waals surface area contributed by atoms with E-state index in [0.29, 0.717) is 97.1 Å². The number of methoxy groups -OCH3 is 4. The highest BCUT2D eigenvalue weighted by Gasteiger charge is 2.27. The lowest BCUT2D eigenvalue weighted by atomic mass is 10.1. The molecule has 14 nitrogen and oxygen atoms in total. The maximum absolute atomic E-state index is 14.8. The quantitative estimate of drug-likeness (QED) is 0.0120. The average Bonchev–Trinajstić information content (AvgIpc) is 0.805. The van der Waals surface area contributed by atoms with Gasteiger partial charge in [-0.1, -0.05) is 429 Å². The molecule has 0 unspecified atom stereocenters. The van der Waals surface area contributed by atoms with Crippen LogP contribution < -0.4 is 56.8 Å². The van der Waals surface area contributed by atoms with E-state index >= 15 is 0 Å². The zero-order valence-corrected chi connectivity index (χ0v) is 86.0. The first-order valence-electron chi connectivity index (χ1n) is 53.3. The molecule has 0 spiro atoms. The molecule has 5 aromatic carbocycles. The molecule has 0 radical (unpaired) electrons. The van der Waals surface area contributed by atoms with Crippen molar-refractivity contribution in [1.82, 2.24) is 0 Å². The lowest BCUT2D eigenvalue weighted by molar-refractivity contribution is 0.0714. The number of benzene rings is 5. The second-order valence-corrected chi connectivity index (χ2v) is 36.0. The SMILES string of the molecule is C=C/C=C\CCCCCCCCCCOc1cc(C(=O)Oc2c(OC)cc(/C=C/c3ccc(/C=C/c4cc(OC)c(OC(=O)c5cc(OCCCCCCCCCC/C=C/C=C)c(OCCCCCCCCCC/C=C/C=C)c(OCCCCCCCCCC/C=C/C=C)c5)c(OC)c4)cc3)cc2OC)cc(OCCCCCCCCCC/C=C/C=C)c1OCCCCCCCCCC/C=C/C=C. The summed E-state index contributed by atoms with van der Waals surface area (Å²) in [5.41, 5.74) is 3.90. The first kappa shape index (κ1) is 118. The van der Waals surface area contributed by atoms with Gasteiger partial charge in [0.05, 0.1) is 79.2 Å². The Labute approximate surface area is 836 Å². The van der Waals surface area contributed by atoms with Crippen molar-refractivity contribution >= 4 is 36.2 Å². The Balaban J connectivity index is 1.35. The maximum Gasteiger partial charge on any atom is 0.344 e. The predicted molar refractivity (Wildman–Crippen MR) is 585 cm³/mol. The van der Waals surface area contributed by atoms with E-state index in [1.54, 1.807) is 52.7 Å². The minimum Gasteiger partial charge on any atom is -0.493 e. The molecule has 0 bridgehead atoms. The van der Waals surface area contributed by atoms with E-state index in [1.807, 2.05) is 146 Å². The van der Waals surface area contributed by atoms with Gasteiger partial charge in [0.2, 0.25) is 23.0 Å². The van der Waals surface area contributed by atoms with Crippen LogP contribution in [0.25, 0.3) is 24.3 Å². The van der Waals surface area contributed by atoms with Gasteiger partial charge < -0.3 is 56.8 Å². The lowest BCUT2D eigenvalue weighted by Gasteiger charge is -2.19. The molecule has 0 aliphatic carbocycles. The summed E-state index contributed by atoms with van der Waals surface area (Å²) in [6, 6.07) is 22.4. The number of hydrogen-bond acceptors (Lipinski definition) is 14. The van der Waals surface area contributed by atoms with Gasteiger partial charge in [0, 0.05) is 0 Å². The van der Waals surface area contributed by atoms with E-state index in [-0.39, 0.29) is 22.6 Å². The Morgan fingerprint density at radius 1 is 0.210 bits per heavy atom. The van der Waals surface area contributed by atoms with Crippen LogP contribution in [0.15, 0.2) is 222 Å². The fraction of sp³-hybridized carbons (Fsp3) is 0.516. The molecule has 0 saturated heterocycles. The Morgan fingerprint density at radius 2 is 0.384 bits per heavy atom. The highest BCUT2D eigenvalue weighted by Crippen LogP contribution is 2.46. The van der Waals surface area contributed by atoms with Crippen molar-refractivity contribution in [3.63, 3.8) is 0 Å². The molecular formula is C124H178O14. The van der Waals surface area contributed by atoms with Crippen LogP contribution in [0.3, 0.4) is 0 Å². The molecular weight excluding hydrogens is 1710 g/mol. The van der Waals surface area contributed by atoms with Gasteiger partial charge in [-0.05, 0) is 186 Å². The molecule has 0 saturated carbocycles. The summed E-state index contributed by atoms with van der Waals surface area (Å²) in [5, 5.41) is 0. The number of esters is 2. The molecule has 0 N–H and O–H groups in total. The Kier molecular flexibility index (Phi) is 70.3. The number of carbonyl (C=O) groups excluding carboxylic acids is 2. The maximum atomic E-state index is 14.8. The highest BCUT2D eigenvalue weighted by atomic mass is 16.6. The third-order valence-electron chi connectivity index (χ3n) is 24.5. The number of rotatable bonds is 90. The largest absolute Gasteiger partial charge is 0.493 e. The van der Waals surface area contributed by atoms with Crippen molar-refractivity contribution in [3.8, 4) is 69.0 Å². The minimum atomic E-state index is -0.626. The summed E-state index contributed by atoms with van der Waals surface area (Å²) in [7, 11) is 6.20. The molecule has 5 rings (SSSR count). The summed E-state index contributed by atoms with van der Waals surface area (Å²) in [6.07, 6.45) is 106. The van der Waals surface area contributed by atoms with Gasteiger partial charge in [0.25, 0.3) is 0 Å². The first-order chi connectivity index (χ1) is 68.1. The second kappa shape index (κ2) is 82.3. The van der Waals surface area contributed by atoms with Crippen LogP contribution in [0, 0.1) is 0 Å². The number of unbranched alkanes of at least 4 members (excludes halogenated alkanes) is 48. The number of carbonyl (C=O) groups is 2. The summed E-state index contributed by atoms with van der Waals surface area (Å²) >= 11 is 0. The van der Waals surface area contributed by atoms with Crippen LogP contribution in [-0.4, -0.2) is 80.0 Å². The van der Waals surface area contributed by atoms with Crippen LogP contribution in [0.5, 0.6) is 69.0 Å². The van der Waals surface area contributed by atoms with Crippen molar-refractivity contribution in [2.45, 2.75) is 347 Å². The standard InChI is InChI=1S/C124H178O14/c1-11-17-23-29-35-41-47-53-59-65-71-77-91-131-115-101-109(102-116(132-92-78-72-66-60-54-48-42-36-30-24-18-12-2)119(115)135-95-81-75-69-63-57-51-45-39-33-27-21-15-5)123(125)137-121-111(127-7)97-107(98-112(121)128-8)89-87-105-83-85-106(86-84-105)88-90-108-99-113(129-9)122(114(100-108)130-10)138-124(126)110-103-117(133-93-79-73-67-61-55-49-43-37-31-25-19-13-3)120(136-96-82-76-70-64-58-52-46-40-34-28-22-16-6)118(104-110)134-94-80-74-68-62-56-50-44-38-32-26-20-14-4/h11-28,83-90,97-104H,1-6,29-82,91-96H2,7-10H3/b23-17-,24-18+,25-19+,26-20+,27-21+,28-22+,89-87+,90-88+. The van der Waals surface area contributed by atoms with Gasteiger partial charge in [-0.3, -0.25) is 0 Å². The van der Waals surface area contributed by atoms with E-state index < -0.39 is 11.9 Å². The van der Waals surface area contributed by atoms with E-state index in [0.717, 1.165) is 176 Å². The van der Waals surface area contributed by atoms with Gasteiger partial charge in [-0.25, -0.2) is 9.59 Å². The molecule has 0 aliphatic rings. The molecule has 0 aromatic heterocycles. The van der Waals surface area contributed by atoms with Crippen LogP contribution in [0.1, 0.15) is 390 Å². The fourth-order valence-electron chi connectivity index (χ4n) is 16.5. The summed E-state index contributed by atoms with van der Waals surface area (Å²) < 4.78 is 76.7. The Morgan fingerprint density at radius 3 is 0.572 bits per heavy atom. The highest BCUT2D eigenvalue weighted by molar-refractivity contribution is 5.94. The summed E-state index contributed by atoms with van der Waals surface area (Å²) in [6.45, 7) is 25.5. The third kappa shape index (κ3) is 55.3. The van der Waals surface area contributed by atoms with Crippen molar-refractivity contribution in [2.75, 3.05) is 68.1 Å². The smallest absolute Gasteiger partial charge is 0.344 e. The van der Waals surface area contributed by atoms with Gasteiger partial charge in [-0.2, -0.15) is 0 Å². The van der Waals surface area contributed by atoms with Crippen molar-refractivity contribution in [2.24, 2.45) is 0 Å². The second-order valence-electron chi connectivity index (χ2n) is 36.0. The number of ether oxygens (including phenoxy) is 12. The van der Waals surface area contributed by atoms with Crippen LogP contribution in [0.4, 0.5) is 0 Å². The van der Waals surface area contributed by atoms with Crippen LogP contribution in [-0.2, 0) is 0 Å².